The first kappa shape index (κ1) is 14.5. The van der Waals surface area contributed by atoms with Crippen molar-refractivity contribution in [2.45, 2.75) is 51.4 Å². The van der Waals surface area contributed by atoms with Crippen molar-refractivity contribution in [1.82, 2.24) is 9.97 Å². The number of nitrogens with one attached hydrogen (secondary N) is 1. The molecule has 0 saturated heterocycles. The Hall–Kier alpha value is -1.48. The van der Waals surface area contributed by atoms with E-state index in [-0.39, 0.29) is 5.41 Å². The summed E-state index contributed by atoms with van der Waals surface area (Å²) in [6.07, 6.45) is 6.13. The van der Waals surface area contributed by atoms with Crippen molar-refractivity contribution in [2.24, 2.45) is 0 Å². The molecule has 21 heavy (non-hydrogen) atoms. The van der Waals surface area contributed by atoms with Crippen molar-refractivity contribution in [2.75, 3.05) is 0 Å². The van der Waals surface area contributed by atoms with Gasteiger partial charge >= 0.3 is 0 Å². The predicted molar refractivity (Wildman–Crippen MR) is 89.2 cm³/mol. The van der Waals surface area contributed by atoms with Gasteiger partial charge in [0.1, 0.15) is 10.5 Å². The summed E-state index contributed by atoms with van der Waals surface area (Å²) in [6, 6.07) is 10.8. The minimum Gasteiger partial charge on any atom is -0.346 e. The zero-order valence-electron chi connectivity index (χ0n) is 12.8. The van der Waals surface area contributed by atoms with E-state index in [9.17, 15) is 0 Å². The van der Waals surface area contributed by atoms with Crippen molar-refractivity contribution < 1.29 is 0 Å². The average molecular weight is 298 g/mol. The molecule has 110 valence electrons. The number of hydrogen-bond donors (Lipinski definition) is 1. The standard InChI is InChI=1S/C18H22N2S/c1-13-14(2)19-17(20-16(13)21)18(11-7-4-8-12-18)15-9-5-3-6-10-15/h3,5-6,9-10H,4,7-8,11-12H2,1-2H3,(H,19,20,21). The number of aromatic amines is 1. The van der Waals surface area contributed by atoms with E-state index in [2.05, 4.69) is 42.2 Å². The molecule has 2 nitrogen and oxygen atoms in total. The molecule has 0 aliphatic heterocycles. The van der Waals surface area contributed by atoms with E-state index in [1.807, 2.05) is 6.92 Å². The predicted octanol–water partition coefficient (Wildman–Crippen LogP) is 5.01. The molecule has 1 N–H and O–H groups in total. The number of nitrogens with zero attached hydrogens (tertiary/aromatic N) is 1. The summed E-state index contributed by atoms with van der Waals surface area (Å²) in [5.74, 6) is 1.06. The van der Waals surface area contributed by atoms with Crippen LogP contribution in [0.15, 0.2) is 30.3 Å². The monoisotopic (exact) mass is 298 g/mol. The lowest BCUT2D eigenvalue weighted by atomic mass is 9.68. The SMILES string of the molecule is Cc1[nH]c(C2(c3ccccc3)CCCCC2)nc(=S)c1C. The van der Waals surface area contributed by atoms with E-state index in [0.29, 0.717) is 0 Å². The molecule has 0 unspecified atom stereocenters. The van der Waals surface area contributed by atoms with Gasteiger partial charge in [0.2, 0.25) is 0 Å². The highest BCUT2D eigenvalue weighted by atomic mass is 32.1. The van der Waals surface area contributed by atoms with Gasteiger partial charge in [-0.15, -0.1) is 0 Å². The Kier molecular flexibility index (Phi) is 3.94. The highest BCUT2D eigenvalue weighted by Gasteiger charge is 2.38. The molecule has 3 rings (SSSR count). The smallest absolute Gasteiger partial charge is 0.132 e. The van der Waals surface area contributed by atoms with Crippen LogP contribution in [0.5, 0.6) is 0 Å². The third-order valence-electron chi connectivity index (χ3n) is 4.89. The maximum atomic E-state index is 5.47. The van der Waals surface area contributed by atoms with Crippen molar-refractivity contribution in [1.29, 1.82) is 0 Å². The van der Waals surface area contributed by atoms with Gasteiger partial charge in [0, 0.05) is 11.3 Å². The normalized spacial score (nSPS) is 17.6. The number of hydrogen-bond acceptors (Lipinski definition) is 2. The molecule has 0 amide bonds. The van der Waals surface area contributed by atoms with Gasteiger partial charge in [-0.05, 0) is 32.3 Å². The molecule has 1 heterocycles. The fourth-order valence-corrected chi connectivity index (χ4v) is 3.69. The van der Waals surface area contributed by atoms with Crippen LogP contribution < -0.4 is 0 Å². The fraction of sp³-hybridized carbons (Fsp3) is 0.444. The Balaban J connectivity index is 2.19. The highest BCUT2D eigenvalue weighted by Crippen LogP contribution is 2.43. The first-order valence-electron chi connectivity index (χ1n) is 7.77. The highest BCUT2D eigenvalue weighted by molar-refractivity contribution is 7.71. The van der Waals surface area contributed by atoms with Gasteiger partial charge in [-0.25, -0.2) is 4.98 Å². The summed E-state index contributed by atoms with van der Waals surface area (Å²) >= 11 is 5.47. The van der Waals surface area contributed by atoms with E-state index >= 15 is 0 Å². The Morgan fingerprint density at radius 2 is 1.71 bits per heavy atom. The number of aryl methyl sites for hydroxylation is 1. The second-order valence-electron chi connectivity index (χ2n) is 6.15. The van der Waals surface area contributed by atoms with Gasteiger partial charge in [-0.3, -0.25) is 0 Å². The lowest BCUT2D eigenvalue weighted by Gasteiger charge is -2.37. The van der Waals surface area contributed by atoms with E-state index in [4.69, 9.17) is 17.2 Å². The molecule has 1 saturated carbocycles. The van der Waals surface area contributed by atoms with Crippen LogP contribution in [0.25, 0.3) is 0 Å². The molecule has 0 bridgehead atoms. The molecule has 1 aromatic carbocycles. The molecule has 1 aromatic heterocycles. The maximum absolute atomic E-state index is 5.47. The number of rotatable bonds is 2. The van der Waals surface area contributed by atoms with Crippen LogP contribution in [0, 0.1) is 18.5 Å². The van der Waals surface area contributed by atoms with Gasteiger partial charge in [0.05, 0.1) is 5.41 Å². The second kappa shape index (κ2) is 5.72. The Labute approximate surface area is 131 Å². The molecule has 3 heteroatoms. The van der Waals surface area contributed by atoms with Crippen molar-refractivity contribution in [3.63, 3.8) is 0 Å². The van der Waals surface area contributed by atoms with Crippen LogP contribution in [0.4, 0.5) is 0 Å². The molecule has 0 radical (unpaired) electrons. The van der Waals surface area contributed by atoms with Crippen molar-refractivity contribution in [3.05, 3.63) is 57.6 Å². The van der Waals surface area contributed by atoms with Crippen LogP contribution in [0.1, 0.15) is 54.7 Å². The van der Waals surface area contributed by atoms with Gasteiger partial charge < -0.3 is 4.98 Å². The van der Waals surface area contributed by atoms with Crippen LogP contribution >= 0.6 is 12.2 Å². The van der Waals surface area contributed by atoms with E-state index < -0.39 is 0 Å². The van der Waals surface area contributed by atoms with E-state index in [0.717, 1.165) is 34.6 Å². The van der Waals surface area contributed by atoms with Crippen LogP contribution in [-0.2, 0) is 5.41 Å². The third kappa shape index (κ3) is 2.55. The first-order valence-corrected chi connectivity index (χ1v) is 8.18. The van der Waals surface area contributed by atoms with Gasteiger partial charge in [-0.1, -0.05) is 61.8 Å². The van der Waals surface area contributed by atoms with E-state index in [1.54, 1.807) is 0 Å². The van der Waals surface area contributed by atoms with Gasteiger partial charge in [0.15, 0.2) is 0 Å². The number of benzene rings is 1. The zero-order valence-corrected chi connectivity index (χ0v) is 13.6. The Morgan fingerprint density at radius 1 is 1.05 bits per heavy atom. The molecule has 0 spiro atoms. The lowest BCUT2D eigenvalue weighted by Crippen LogP contribution is -2.33. The van der Waals surface area contributed by atoms with Crippen LogP contribution in [0.2, 0.25) is 0 Å². The molecule has 1 aliphatic carbocycles. The third-order valence-corrected chi connectivity index (χ3v) is 5.29. The van der Waals surface area contributed by atoms with Crippen molar-refractivity contribution in [3.8, 4) is 0 Å². The topological polar surface area (TPSA) is 28.7 Å². The van der Waals surface area contributed by atoms with E-state index in [1.165, 1.54) is 24.8 Å². The molecule has 1 aliphatic rings. The fourth-order valence-electron chi connectivity index (χ4n) is 3.45. The summed E-state index contributed by atoms with van der Waals surface area (Å²) in [4.78, 5) is 8.31. The second-order valence-corrected chi connectivity index (χ2v) is 6.54. The quantitative estimate of drug-likeness (QED) is 0.790. The molecular weight excluding hydrogens is 276 g/mol. The van der Waals surface area contributed by atoms with Gasteiger partial charge in [-0.2, -0.15) is 0 Å². The minimum atomic E-state index is 0.00549. The number of aromatic nitrogens is 2. The van der Waals surface area contributed by atoms with Crippen LogP contribution in [-0.4, -0.2) is 9.97 Å². The summed E-state index contributed by atoms with van der Waals surface area (Å²) in [5.41, 5.74) is 3.61. The van der Waals surface area contributed by atoms with Gasteiger partial charge in [0.25, 0.3) is 0 Å². The molecule has 0 atom stereocenters. The molecule has 2 aromatic rings. The minimum absolute atomic E-state index is 0.00549. The van der Waals surface area contributed by atoms with Crippen LogP contribution in [0.3, 0.4) is 0 Å². The lowest BCUT2D eigenvalue weighted by molar-refractivity contribution is 0.329. The summed E-state index contributed by atoms with van der Waals surface area (Å²) in [7, 11) is 0. The Bertz CT molecular complexity index is 682. The van der Waals surface area contributed by atoms with Crippen molar-refractivity contribution >= 4 is 12.2 Å². The molecule has 1 fully saturated rings. The first-order chi connectivity index (χ1) is 10.1. The summed E-state index contributed by atoms with van der Waals surface area (Å²) in [6.45, 7) is 4.14. The number of H-pyrrole nitrogens is 1. The average Bonchev–Trinajstić information content (AvgIpc) is 2.53. The largest absolute Gasteiger partial charge is 0.346 e. The zero-order chi connectivity index (χ0) is 14.9. The maximum Gasteiger partial charge on any atom is 0.132 e. The summed E-state index contributed by atoms with van der Waals surface area (Å²) < 4.78 is 0.738. The Morgan fingerprint density at radius 3 is 2.33 bits per heavy atom. The summed E-state index contributed by atoms with van der Waals surface area (Å²) in [5, 5.41) is 0. The molecular formula is C18H22N2S.